The van der Waals surface area contributed by atoms with Gasteiger partial charge in [0.05, 0.1) is 24.1 Å². The van der Waals surface area contributed by atoms with Gasteiger partial charge in [-0.1, -0.05) is 17.8 Å². The Morgan fingerprint density at radius 2 is 2.33 bits per heavy atom. The normalized spacial score (nSPS) is 11.8. The van der Waals surface area contributed by atoms with Crippen LogP contribution >= 0.6 is 11.8 Å². The van der Waals surface area contributed by atoms with Gasteiger partial charge < -0.3 is 4.74 Å². The quantitative estimate of drug-likeness (QED) is 0.792. The molecule has 92 valence electrons. The standard InChI is InChI=1S/C13H13N3OS/c1-10(9-14)18-13-15-6-7-16(13)11-4-3-5-12(8-11)17-2/h3-8,10H,1-2H3. The second-order valence-corrected chi connectivity index (χ2v) is 4.98. The van der Waals surface area contributed by atoms with Crippen LogP contribution in [0.25, 0.3) is 5.69 Å². The number of methoxy groups -OCH3 is 1. The molecule has 0 amide bonds. The number of hydrogen-bond acceptors (Lipinski definition) is 4. The first-order chi connectivity index (χ1) is 8.74. The Morgan fingerprint density at radius 3 is 3.06 bits per heavy atom. The maximum atomic E-state index is 8.85. The van der Waals surface area contributed by atoms with Gasteiger partial charge in [0.25, 0.3) is 0 Å². The zero-order valence-corrected chi connectivity index (χ0v) is 11.0. The molecule has 0 aliphatic heterocycles. The van der Waals surface area contributed by atoms with Crippen LogP contribution in [0.1, 0.15) is 6.92 Å². The smallest absolute Gasteiger partial charge is 0.173 e. The van der Waals surface area contributed by atoms with Crippen LogP contribution in [0.4, 0.5) is 0 Å². The summed E-state index contributed by atoms with van der Waals surface area (Å²) in [7, 11) is 1.64. The number of aromatic nitrogens is 2. The van der Waals surface area contributed by atoms with Crippen molar-refractivity contribution in [3.8, 4) is 17.5 Å². The van der Waals surface area contributed by atoms with E-state index in [0.29, 0.717) is 0 Å². The summed E-state index contributed by atoms with van der Waals surface area (Å²) in [5.74, 6) is 0.797. The van der Waals surface area contributed by atoms with Crippen molar-refractivity contribution < 1.29 is 4.74 Å². The lowest BCUT2D eigenvalue weighted by Gasteiger charge is -2.09. The summed E-state index contributed by atoms with van der Waals surface area (Å²) in [5.41, 5.74) is 0.972. The summed E-state index contributed by atoms with van der Waals surface area (Å²) in [5, 5.41) is 9.52. The van der Waals surface area contributed by atoms with Gasteiger partial charge >= 0.3 is 0 Å². The molecule has 4 nitrogen and oxygen atoms in total. The van der Waals surface area contributed by atoms with Crippen molar-refractivity contribution >= 4 is 11.8 Å². The van der Waals surface area contributed by atoms with Crippen molar-refractivity contribution in [1.82, 2.24) is 9.55 Å². The number of nitrogens with zero attached hydrogens (tertiary/aromatic N) is 3. The summed E-state index contributed by atoms with van der Waals surface area (Å²) >= 11 is 1.44. The summed E-state index contributed by atoms with van der Waals surface area (Å²) < 4.78 is 7.15. The Bertz CT molecular complexity index is 574. The number of rotatable bonds is 4. The van der Waals surface area contributed by atoms with Gasteiger partial charge in [0.2, 0.25) is 0 Å². The second-order valence-electron chi connectivity index (χ2n) is 3.67. The number of benzene rings is 1. The lowest BCUT2D eigenvalue weighted by Crippen LogP contribution is -1.99. The third-order valence-corrected chi connectivity index (χ3v) is 3.37. The fourth-order valence-electron chi connectivity index (χ4n) is 1.52. The Morgan fingerprint density at radius 1 is 1.50 bits per heavy atom. The van der Waals surface area contributed by atoms with Gasteiger partial charge in [-0.15, -0.1) is 0 Å². The summed E-state index contributed by atoms with van der Waals surface area (Å²) in [4.78, 5) is 4.27. The molecule has 0 fully saturated rings. The molecule has 1 heterocycles. The third kappa shape index (κ3) is 2.66. The Hall–Kier alpha value is -1.93. The van der Waals surface area contributed by atoms with Crippen LogP contribution in [-0.2, 0) is 0 Å². The molecular weight excluding hydrogens is 246 g/mol. The molecule has 0 N–H and O–H groups in total. The van der Waals surface area contributed by atoms with E-state index in [4.69, 9.17) is 10.00 Å². The molecule has 1 atom stereocenters. The molecule has 0 aliphatic rings. The molecule has 1 unspecified atom stereocenters. The molecule has 2 rings (SSSR count). The van der Waals surface area contributed by atoms with Crippen molar-refractivity contribution in [2.24, 2.45) is 0 Å². The number of thioether (sulfide) groups is 1. The van der Waals surface area contributed by atoms with Gasteiger partial charge in [-0.2, -0.15) is 5.26 Å². The number of imidazole rings is 1. The van der Waals surface area contributed by atoms with Gasteiger partial charge in [0.1, 0.15) is 5.75 Å². The van der Waals surface area contributed by atoms with Crippen LogP contribution < -0.4 is 4.74 Å². The van der Waals surface area contributed by atoms with Crippen LogP contribution in [0.2, 0.25) is 0 Å². The van der Waals surface area contributed by atoms with E-state index in [1.54, 1.807) is 13.3 Å². The molecule has 2 aromatic rings. The second kappa shape index (κ2) is 5.61. The largest absolute Gasteiger partial charge is 0.497 e. The van der Waals surface area contributed by atoms with E-state index >= 15 is 0 Å². The number of hydrogen-bond donors (Lipinski definition) is 0. The SMILES string of the molecule is COc1cccc(-n2ccnc2SC(C)C#N)c1. The first-order valence-electron chi connectivity index (χ1n) is 5.48. The molecule has 1 aromatic heterocycles. The molecule has 5 heteroatoms. The fourth-order valence-corrected chi connectivity index (χ4v) is 2.29. The molecule has 0 spiro atoms. The van der Waals surface area contributed by atoms with Crippen molar-refractivity contribution in [2.75, 3.05) is 7.11 Å². The molecule has 0 bridgehead atoms. The van der Waals surface area contributed by atoms with Crippen molar-refractivity contribution in [3.05, 3.63) is 36.7 Å². The summed E-state index contributed by atoms with van der Waals surface area (Å²) in [6.45, 7) is 1.86. The average molecular weight is 259 g/mol. The van der Waals surface area contributed by atoms with Gasteiger partial charge in [-0.05, 0) is 19.1 Å². The highest BCUT2D eigenvalue weighted by Gasteiger charge is 2.10. The van der Waals surface area contributed by atoms with Crippen molar-refractivity contribution in [2.45, 2.75) is 17.3 Å². The minimum absolute atomic E-state index is 0.128. The van der Waals surface area contributed by atoms with E-state index in [1.165, 1.54) is 11.8 Å². The van der Waals surface area contributed by atoms with Gasteiger partial charge in [0, 0.05) is 18.5 Å². The fraction of sp³-hybridized carbons (Fsp3) is 0.231. The minimum atomic E-state index is -0.128. The van der Waals surface area contributed by atoms with Crippen LogP contribution in [0.15, 0.2) is 41.8 Å². The predicted molar refractivity (Wildman–Crippen MR) is 71.0 cm³/mol. The van der Waals surface area contributed by atoms with Crippen molar-refractivity contribution in [3.63, 3.8) is 0 Å². The molecule has 0 saturated heterocycles. The van der Waals surface area contributed by atoms with E-state index in [2.05, 4.69) is 11.1 Å². The maximum Gasteiger partial charge on any atom is 0.173 e. The zero-order chi connectivity index (χ0) is 13.0. The van der Waals surface area contributed by atoms with E-state index in [9.17, 15) is 0 Å². The maximum absolute atomic E-state index is 8.85. The minimum Gasteiger partial charge on any atom is -0.497 e. The van der Waals surface area contributed by atoms with Crippen LogP contribution in [0.3, 0.4) is 0 Å². The first-order valence-corrected chi connectivity index (χ1v) is 6.36. The van der Waals surface area contributed by atoms with Gasteiger partial charge in [0.15, 0.2) is 5.16 Å². The Labute approximate surface area is 110 Å². The number of ether oxygens (including phenoxy) is 1. The molecule has 0 aliphatic carbocycles. The highest BCUT2D eigenvalue weighted by atomic mass is 32.2. The molecule has 0 saturated carbocycles. The average Bonchev–Trinajstić information content (AvgIpc) is 2.86. The van der Waals surface area contributed by atoms with Crippen molar-refractivity contribution in [1.29, 1.82) is 5.26 Å². The van der Waals surface area contributed by atoms with E-state index in [-0.39, 0.29) is 5.25 Å². The molecule has 18 heavy (non-hydrogen) atoms. The van der Waals surface area contributed by atoms with E-state index < -0.39 is 0 Å². The van der Waals surface area contributed by atoms with E-state index in [1.807, 2.05) is 42.0 Å². The van der Waals surface area contributed by atoms with Gasteiger partial charge in [-0.25, -0.2) is 4.98 Å². The molecular formula is C13H13N3OS. The molecule has 0 radical (unpaired) electrons. The van der Waals surface area contributed by atoms with E-state index in [0.717, 1.165) is 16.6 Å². The highest BCUT2D eigenvalue weighted by Crippen LogP contribution is 2.25. The first kappa shape index (κ1) is 12.5. The summed E-state index contributed by atoms with van der Waals surface area (Å²) in [6, 6.07) is 9.92. The van der Waals surface area contributed by atoms with Crippen LogP contribution in [-0.4, -0.2) is 21.9 Å². The monoisotopic (exact) mass is 259 g/mol. The topological polar surface area (TPSA) is 50.8 Å². The molecule has 1 aromatic carbocycles. The Balaban J connectivity index is 2.33. The van der Waals surface area contributed by atoms with Gasteiger partial charge in [-0.3, -0.25) is 4.57 Å². The van der Waals surface area contributed by atoms with Crippen LogP contribution in [0.5, 0.6) is 5.75 Å². The van der Waals surface area contributed by atoms with Crippen LogP contribution in [0, 0.1) is 11.3 Å². The lowest BCUT2D eigenvalue weighted by atomic mass is 10.3. The lowest BCUT2D eigenvalue weighted by molar-refractivity contribution is 0.414. The summed E-state index contributed by atoms with van der Waals surface area (Å²) in [6.07, 6.45) is 3.60. The third-order valence-electron chi connectivity index (χ3n) is 2.40. The Kier molecular flexibility index (Phi) is 3.90. The number of nitriles is 1. The zero-order valence-electron chi connectivity index (χ0n) is 10.2. The highest BCUT2D eigenvalue weighted by molar-refractivity contribution is 8.00. The predicted octanol–water partition coefficient (Wildman–Crippen LogP) is 2.89.